The zero-order valence-electron chi connectivity index (χ0n) is 14.1. The number of ether oxygens (including phenoxy) is 2. The fourth-order valence-electron chi connectivity index (χ4n) is 1.88. The van der Waals surface area contributed by atoms with Gasteiger partial charge in [0.2, 0.25) is 5.91 Å². The van der Waals surface area contributed by atoms with Gasteiger partial charge in [-0.05, 0) is 32.0 Å². The molecule has 0 aliphatic carbocycles. The van der Waals surface area contributed by atoms with E-state index in [1.807, 2.05) is 0 Å². The molecule has 0 fully saturated rings. The number of carbonyl (C=O) groups excluding carboxylic acids is 2. The third kappa shape index (κ3) is 5.15. The molecule has 3 N–H and O–H groups in total. The maximum Gasteiger partial charge on any atom is 0.308 e. The van der Waals surface area contributed by atoms with Crippen LogP contribution in [0.15, 0.2) is 18.2 Å². The number of amides is 2. The molecule has 2 unspecified atom stereocenters. The van der Waals surface area contributed by atoms with Gasteiger partial charge in [-0.3, -0.25) is 14.4 Å². The predicted octanol–water partition coefficient (Wildman–Crippen LogP) is 0.659. The van der Waals surface area contributed by atoms with Crippen LogP contribution < -0.4 is 20.1 Å². The highest BCUT2D eigenvalue weighted by molar-refractivity contribution is 5.97. The zero-order chi connectivity index (χ0) is 18.3. The van der Waals surface area contributed by atoms with Gasteiger partial charge in [-0.15, -0.1) is 0 Å². The average Bonchev–Trinajstić information content (AvgIpc) is 2.57. The van der Waals surface area contributed by atoms with E-state index in [1.54, 1.807) is 19.1 Å². The first-order valence-corrected chi connectivity index (χ1v) is 7.32. The molecule has 132 valence electrons. The number of rotatable bonds is 8. The Labute approximate surface area is 140 Å². The van der Waals surface area contributed by atoms with Gasteiger partial charge in [-0.2, -0.15) is 0 Å². The molecule has 0 bridgehead atoms. The number of benzene rings is 1. The molecule has 1 aromatic carbocycles. The first kappa shape index (κ1) is 19.3. The maximum atomic E-state index is 12.1. The van der Waals surface area contributed by atoms with Crippen LogP contribution in [0.5, 0.6) is 11.5 Å². The molecule has 1 rings (SSSR count). The fraction of sp³-hybridized carbons (Fsp3) is 0.438. The summed E-state index contributed by atoms with van der Waals surface area (Å²) in [6.45, 7) is 2.83. The van der Waals surface area contributed by atoms with Gasteiger partial charge in [0.15, 0.2) is 11.5 Å². The van der Waals surface area contributed by atoms with Crippen molar-refractivity contribution in [2.24, 2.45) is 5.92 Å². The Hall–Kier alpha value is -2.77. The fourth-order valence-corrected chi connectivity index (χ4v) is 1.88. The maximum absolute atomic E-state index is 12.1. The molecule has 0 aliphatic rings. The Morgan fingerprint density at radius 2 is 1.75 bits per heavy atom. The van der Waals surface area contributed by atoms with Crippen molar-refractivity contribution in [3.63, 3.8) is 0 Å². The molecule has 0 saturated heterocycles. The lowest BCUT2D eigenvalue weighted by Gasteiger charge is -2.18. The third-order valence-corrected chi connectivity index (χ3v) is 3.58. The number of hydrogen-bond acceptors (Lipinski definition) is 5. The van der Waals surface area contributed by atoms with Crippen molar-refractivity contribution >= 4 is 17.8 Å². The standard InChI is InChI=1S/C16H22N2O6/c1-9(16(21)22)10(2)18-14(19)8-17-15(20)11-5-6-12(23-3)13(7-11)24-4/h5-7,9-10H,8H2,1-4H3,(H,17,20)(H,18,19)(H,21,22). The van der Waals surface area contributed by atoms with Gasteiger partial charge in [-0.1, -0.05) is 0 Å². The van der Waals surface area contributed by atoms with Crippen molar-refractivity contribution in [2.75, 3.05) is 20.8 Å². The molecular formula is C16H22N2O6. The van der Waals surface area contributed by atoms with Crippen LogP contribution in [0.1, 0.15) is 24.2 Å². The summed E-state index contributed by atoms with van der Waals surface area (Å²) in [6, 6.07) is 4.09. The largest absolute Gasteiger partial charge is 0.493 e. The molecule has 2 amide bonds. The number of carboxylic acids is 1. The van der Waals surface area contributed by atoms with E-state index in [-0.39, 0.29) is 6.54 Å². The van der Waals surface area contributed by atoms with Gasteiger partial charge in [0, 0.05) is 11.6 Å². The summed E-state index contributed by atoms with van der Waals surface area (Å²) in [4.78, 5) is 34.7. The number of methoxy groups -OCH3 is 2. The molecule has 0 aliphatic heterocycles. The van der Waals surface area contributed by atoms with Crippen molar-refractivity contribution in [3.05, 3.63) is 23.8 Å². The molecule has 8 nitrogen and oxygen atoms in total. The van der Waals surface area contributed by atoms with E-state index in [2.05, 4.69) is 10.6 Å². The van der Waals surface area contributed by atoms with Crippen LogP contribution in [0, 0.1) is 5.92 Å². The van der Waals surface area contributed by atoms with Gasteiger partial charge in [0.25, 0.3) is 5.91 Å². The SMILES string of the molecule is COc1ccc(C(=O)NCC(=O)NC(C)C(C)C(=O)O)cc1OC. The Balaban J connectivity index is 2.60. The van der Waals surface area contributed by atoms with E-state index in [4.69, 9.17) is 14.6 Å². The highest BCUT2D eigenvalue weighted by Crippen LogP contribution is 2.27. The smallest absolute Gasteiger partial charge is 0.308 e. The van der Waals surface area contributed by atoms with Crippen molar-refractivity contribution < 1.29 is 29.0 Å². The summed E-state index contributed by atoms with van der Waals surface area (Å²) < 4.78 is 10.2. The van der Waals surface area contributed by atoms with Crippen LogP contribution in [-0.4, -0.2) is 49.7 Å². The summed E-state index contributed by atoms with van der Waals surface area (Å²) in [7, 11) is 2.94. The second kappa shape index (κ2) is 8.76. The van der Waals surface area contributed by atoms with E-state index in [9.17, 15) is 14.4 Å². The van der Waals surface area contributed by atoms with Crippen molar-refractivity contribution in [1.29, 1.82) is 0 Å². The van der Waals surface area contributed by atoms with Crippen LogP contribution in [-0.2, 0) is 9.59 Å². The molecular weight excluding hydrogens is 316 g/mol. The van der Waals surface area contributed by atoms with Crippen LogP contribution in [0.3, 0.4) is 0 Å². The molecule has 0 aromatic heterocycles. The second-order valence-electron chi connectivity index (χ2n) is 5.24. The van der Waals surface area contributed by atoms with Gasteiger partial charge in [0.05, 0.1) is 26.7 Å². The average molecular weight is 338 g/mol. The Kier molecular flexibility index (Phi) is 7.03. The Morgan fingerprint density at radius 1 is 1.12 bits per heavy atom. The van der Waals surface area contributed by atoms with Crippen LogP contribution in [0.2, 0.25) is 0 Å². The van der Waals surface area contributed by atoms with Crippen molar-refractivity contribution in [2.45, 2.75) is 19.9 Å². The molecule has 1 aromatic rings. The number of hydrogen-bond donors (Lipinski definition) is 3. The van der Waals surface area contributed by atoms with E-state index in [0.717, 1.165) is 0 Å². The van der Waals surface area contributed by atoms with Gasteiger partial charge in [-0.25, -0.2) is 0 Å². The van der Waals surface area contributed by atoms with E-state index < -0.39 is 29.7 Å². The van der Waals surface area contributed by atoms with E-state index in [0.29, 0.717) is 17.1 Å². The van der Waals surface area contributed by atoms with Gasteiger partial charge >= 0.3 is 5.97 Å². The molecule has 24 heavy (non-hydrogen) atoms. The molecule has 0 radical (unpaired) electrons. The lowest BCUT2D eigenvalue weighted by Crippen LogP contribution is -2.44. The number of nitrogens with one attached hydrogen (secondary N) is 2. The minimum absolute atomic E-state index is 0.260. The second-order valence-corrected chi connectivity index (χ2v) is 5.24. The normalized spacial score (nSPS) is 12.7. The van der Waals surface area contributed by atoms with Crippen LogP contribution in [0.25, 0.3) is 0 Å². The van der Waals surface area contributed by atoms with Gasteiger partial charge in [0.1, 0.15) is 0 Å². The minimum atomic E-state index is -1.00. The quantitative estimate of drug-likeness (QED) is 0.641. The highest BCUT2D eigenvalue weighted by atomic mass is 16.5. The van der Waals surface area contributed by atoms with E-state index >= 15 is 0 Å². The van der Waals surface area contributed by atoms with Crippen LogP contribution in [0.4, 0.5) is 0 Å². The summed E-state index contributed by atoms with van der Waals surface area (Å²) in [6.07, 6.45) is 0. The molecule has 0 saturated carbocycles. The first-order chi connectivity index (χ1) is 11.3. The summed E-state index contributed by atoms with van der Waals surface area (Å²) in [5, 5.41) is 13.9. The monoisotopic (exact) mass is 338 g/mol. The van der Waals surface area contributed by atoms with Crippen LogP contribution >= 0.6 is 0 Å². The highest BCUT2D eigenvalue weighted by Gasteiger charge is 2.21. The number of carboxylic acid groups (broad SMARTS) is 1. The minimum Gasteiger partial charge on any atom is -0.493 e. The van der Waals surface area contributed by atoms with Gasteiger partial charge < -0.3 is 25.2 Å². The predicted molar refractivity (Wildman–Crippen MR) is 86.3 cm³/mol. The zero-order valence-corrected chi connectivity index (χ0v) is 14.1. The lowest BCUT2D eigenvalue weighted by atomic mass is 10.0. The summed E-state index contributed by atoms with van der Waals surface area (Å²) in [5.74, 6) is -1.76. The number of carbonyl (C=O) groups is 3. The molecule has 8 heteroatoms. The topological polar surface area (TPSA) is 114 Å². The molecule has 0 heterocycles. The third-order valence-electron chi connectivity index (χ3n) is 3.58. The van der Waals surface area contributed by atoms with E-state index in [1.165, 1.54) is 27.2 Å². The first-order valence-electron chi connectivity index (χ1n) is 7.32. The lowest BCUT2D eigenvalue weighted by molar-refractivity contribution is -0.142. The molecule has 2 atom stereocenters. The molecule has 0 spiro atoms. The van der Waals surface area contributed by atoms with Crippen molar-refractivity contribution in [1.82, 2.24) is 10.6 Å². The number of aliphatic carboxylic acids is 1. The summed E-state index contributed by atoms with van der Waals surface area (Å²) >= 11 is 0. The summed E-state index contributed by atoms with van der Waals surface area (Å²) in [5.41, 5.74) is 0.312. The van der Waals surface area contributed by atoms with Crippen molar-refractivity contribution in [3.8, 4) is 11.5 Å². The Morgan fingerprint density at radius 3 is 2.29 bits per heavy atom. The Bertz CT molecular complexity index is 617.